The molecule has 0 saturated carbocycles. The molecule has 0 aliphatic rings. The normalized spacial score (nSPS) is 10.8. The van der Waals surface area contributed by atoms with Crippen LogP contribution >= 0.6 is 0 Å². The van der Waals surface area contributed by atoms with E-state index in [1.807, 2.05) is 30.3 Å². The van der Waals surface area contributed by atoms with Gasteiger partial charge in [-0.25, -0.2) is 13.2 Å². The van der Waals surface area contributed by atoms with Gasteiger partial charge in [0.15, 0.2) is 17.5 Å². The molecular weight excluding hydrogens is 277 g/mol. The standard InChI is InChI=1S/C16H11F3N2/c17-12-6-7-13(15(19)14(12)18)21-9-11-4-1-3-10-5-2-8-20-16(10)11/h1-8,21H,9H2. The minimum Gasteiger partial charge on any atom is -0.378 e. The Hall–Kier alpha value is -2.56. The molecular formula is C16H11F3N2. The summed E-state index contributed by atoms with van der Waals surface area (Å²) in [6.45, 7) is 0.260. The molecule has 0 fully saturated rings. The summed E-state index contributed by atoms with van der Waals surface area (Å²) in [5.41, 5.74) is 1.55. The number of nitrogens with zero attached hydrogens (tertiary/aromatic N) is 1. The molecule has 1 heterocycles. The Kier molecular flexibility index (Phi) is 3.48. The highest BCUT2D eigenvalue weighted by atomic mass is 19.2. The van der Waals surface area contributed by atoms with Gasteiger partial charge in [-0.15, -0.1) is 0 Å². The first kappa shape index (κ1) is 13.4. The lowest BCUT2D eigenvalue weighted by Gasteiger charge is -2.10. The van der Waals surface area contributed by atoms with Crippen molar-refractivity contribution in [1.29, 1.82) is 0 Å². The Balaban J connectivity index is 1.89. The van der Waals surface area contributed by atoms with E-state index in [0.29, 0.717) is 0 Å². The Labute approximate surface area is 119 Å². The molecule has 0 amide bonds. The Morgan fingerprint density at radius 3 is 2.57 bits per heavy atom. The highest BCUT2D eigenvalue weighted by molar-refractivity contribution is 5.81. The van der Waals surface area contributed by atoms with Crippen LogP contribution in [0.4, 0.5) is 18.9 Å². The maximum absolute atomic E-state index is 13.6. The second-order valence-electron chi connectivity index (χ2n) is 4.57. The van der Waals surface area contributed by atoms with Gasteiger partial charge < -0.3 is 5.32 Å². The van der Waals surface area contributed by atoms with Gasteiger partial charge in [-0.05, 0) is 23.8 Å². The topological polar surface area (TPSA) is 24.9 Å². The third kappa shape index (κ3) is 2.54. The van der Waals surface area contributed by atoms with Crippen LogP contribution in [-0.4, -0.2) is 4.98 Å². The van der Waals surface area contributed by atoms with Crippen molar-refractivity contribution >= 4 is 16.6 Å². The highest BCUT2D eigenvalue weighted by Gasteiger charge is 2.13. The number of hydrogen-bond donors (Lipinski definition) is 1. The van der Waals surface area contributed by atoms with Crippen molar-refractivity contribution in [2.24, 2.45) is 0 Å². The first-order chi connectivity index (χ1) is 10.2. The molecule has 0 unspecified atom stereocenters. The molecule has 0 bridgehead atoms. The van der Waals surface area contributed by atoms with Crippen molar-refractivity contribution < 1.29 is 13.2 Å². The fourth-order valence-electron chi connectivity index (χ4n) is 2.16. The monoisotopic (exact) mass is 288 g/mol. The van der Waals surface area contributed by atoms with Crippen LogP contribution in [0.1, 0.15) is 5.56 Å². The highest BCUT2D eigenvalue weighted by Crippen LogP contribution is 2.22. The number of fused-ring (bicyclic) bond motifs is 1. The number of benzene rings is 2. The molecule has 0 atom stereocenters. The minimum atomic E-state index is -1.48. The molecule has 0 aliphatic carbocycles. The van der Waals surface area contributed by atoms with Crippen LogP contribution in [0.2, 0.25) is 0 Å². The second-order valence-corrected chi connectivity index (χ2v) is 4.57. The third-order valence-corrected chi connectivity index (χ3v) is 3.22. The van der Waals surface area contributed by atoms with Gasteiger partial charge in [0.05, 0.1) is 11.2 Å². The molecule has 21 heavy (non-hydrogen) atoms. The molecule has 1 aromatic heterocycles. The summed E-state index contributed by atoms with van der Waals surface area (Å²) in [6, 6.07) is 11.4. The van der Waals surface area contributed by atoms with E-state index in [4.69, 9.17) is 0 Å². The first-order valence-electron chi connectivity index (χ1n) is 6.37. The minimum absolute atomic E-state index is 0.0816. The molecule has 2 aromatic carbocycles. The van der Waals surface area contributed by atoms with Crippen LogP contribution in [0.15, 0.2) is 48.7 Å². The maximum Gasteiger partial charge on any atom is 0.196 e. The maximum atomic E-state index is 13.6. The number of halogens is 3. The number of pyridine rings is 1. The second kappa shape index (κ2) is 5.44. The molecule has 0 radical (unpaired) electrons. The van der Waals surface area contributed by atoms with Crippen molar-refractivity contribution in [3.05, 3.63) is 71.7 Å². The molecule has 1 N–H and O–H groups in total. The molecule has 106 valence electrons. The van der Waals surface area contributed by atoms with Gasteiger partial charge >= 0.3 is 0 Å². The Morgan fingerprint density at radius 1 is 0.905 bits per heavy atom. The predicted molar refractivity (Wildman–Crippen MR) is 75.4 cm³/mol. The van der Waals surface area contributed by atoms with Crippen LogP contribution in [0.3, 0.4) is 0 Å². The summed E-state index contributed by atoms with van der Waals surface area (Å²) >= 11 is 0. The number of aromatic nitrogens is 1. The van der Waals surface area contributed by atoms with E-state index in [1.165, 1.54) is 6.07 Å². The number of para-hydroxylation sites is 1. The zero-order chi connectivity index (χ0) is 14.8. The molecule has 0 spiro atoms. The number of nitrogens with one attached hydrogen (secondary N) is 1. The van der Waals surface area contributed by atoms with Crippen molar-refractivity contribution in [2.45, 2.75) is 6.54 Å². The van der Waals surface area contributed by atoms with E-state index in [9.17, 15) is 13.2 Å². The van der Waals surface area contributed by atoms with Crippen molar-refractivity contribution in [2.75, 3.05) is 5.32 Å². The van der Waals surface area contributed by atoms with Crippen molar-refractivity contribution in [3.63, 3.8) is 0 Å². The zero-order valence-electron chi connectivity index (χ0n) is 10.9. The Morgan fingerprint density at radius 2 is 1.71 bits per heavy atom. The summed E-state index contributed by atoms with van der Waals surface area (Å²) in [5.74, 6) is -3.90. The molecule has 5 heteroatoms. The summed E-state index contributed by atoms with van der Waals surface area (Å²) in [7, 11) is 0. The van der Waals surface area contributed by atoms with Crippen LogP contribution in [-0.2, 0) is 6.54 Å². The van der Waals surface area contributed by atoms with E-state index in [-0.39, 0.29) is 12.2 Å². The average molecular weight is 288 g/mol. The summed E-state index contributed by atoms with van der Waals surface area (Å²) in [6.07, 6.45) is 1.67. The van der Waals surface area contributed by atoms with E-state index < -0.39 is 17.5 Å². The molecule has 3 rings (SSSR count). The quantitative estimate of drug-likeness (QED) is 0.728. The number of rotatable bonds is 3. The molecule has 2 nitrogen and oxygen atoms in total. The van der Waals surface area contributed by atoms with E-state index in [0.717, 1.165) is 22.5 Å². The van der Waals surface area contributed by atoms with Crippen molar-refractivity contribution in [3.8, 4) is 0 Å². The molecule has 0 aliphatic heterocycles. The zero-order valence-corrected chi connectivity index (χ0v) is 10.9. The molecule has 3 aromatic rings. The Bertz CT molecular complexity index is 797. The smallest absolute Gasteiger partial charge is 0.196 e. The van der Waals surface area contributed by atoms with Gasteiger partial charge in [0.1, 0.15) is 0 Å². The van der Waals surface area contributed by atoms with Crippen molar-refractivity contribution in [1.82, 2.24) is 4.98 Å². The summed E-state index contributed by atoms with van der Waals surface area (Å²) in [5, 5.41) is 3.73. The molecule has 0 saturated heterocycles. The van der Waals surface area contributed by atoms with Crippen LogP contribution < -0.4 is 5.32 Å². The summed E-state index contributed by atoms with van der Waals surface area (Å²) < 4.78 is 39.6. The van der Waals surface area contributed by atoms with Gasteiger partial charge in [0.25, 0.3) is 0 Å². The lowest BCUT2D eigenvalue weighted by molar-refractivity contribution is 0.449. The van der Waals surface area contributed by atoms with E-state index in [1.54, 1.807) is 6.20 Å². The predicted octanol–water partition coefficient (Wildman–Crippen LogP) is 4.26. The number of hydrogen-bond acceptors (Lipinski definition) is 2. The van der Waals surface area contributed by atoms with Gasteiger partial charge in [-0.2, -0.15) is 0 Å². The fourth-order valence-corrected chi connectivity index (χ4v) is 2.16. The van der Waals surface area contributed by atoms with Crippen LogP contribution in [0, 0.1) is 17.5 Å². The lowest BCUT2D eigenvalue weighted by atomic mass is 10.1. The fraction of sp³-hybridized carbons (Fsp3) is 0.0625. The van der Waals surface area contributed by atoms with Gasteiger partial charge in [-0.3, -0.25) is 4.98 Å². The van der Waals surface area contributed by atoms with Crippen LogP contribution in [0.5, 0.6) is 0 Å². The summed E-state index contributed by atoms with van der Waals surface area (Å²) in [4.78, 5) is 4.28. The third-order valence-electron chi connectivity index (χ3n) is 3.22. The first-order valence-corrected chi connectivity index (χ1v) is 6.37. The van der Waals surface area contributed by atoms with E-state index in [2.05, 4.69) is 10.3 Å². The van der Waals surface area contributed by atoms with Crippen LogP contribution in [0.25, 0.3) is 10.9 Å². The lowest BCUT2D eigenvalue weighted by Crippen LogP contribution is -2.04. The van der Waals surface area contributed by atoms with Gasteiger partial charge in [-0.1, -0.05) is 24.3 Å². The van der Waals surface area contributed by atoms with E-state index >= 15 is 0 Å². The number of anilines is 1. The van der Waals surface area contributed by atoms with Gasteiger partial charge in [0.2, 0.25) is 0 Å². The average Bonchev–Trinajstić information content (AvgIpc) is 2.52. The van der Waals surface area contributed by atoms with Gasteiger partial charge in [0, 0.05) is 18.1 Å². The SMILES string of the molecule is Fc1ccc(NCc2cccc3cccnc23)c(F)c1F. The largest absolute Gasteiger partial charge is 0.378 e.